The minimum atomic E-state index is -1.00. The third-order valence-electron chi connectivity index (χ3n) is 7.41. The number of allylic oxidation sites excluding steroid dienone is 3. The molecule has 5 heteroatoms. The predicted octanol–water partition coefficient (Wildman–Crippen LogP) is 6.67. The van der Waals surface area contributed by atoms with Gasteiger partial charge in [-0.15, -0.1) is 6.58 Å². The standard InChI is InChI=1S/C31H44N2O3/c1-11-13-24-14-15-31(10,23(6)26(34)19-24)29(36)32-33(27(22(5)12-2)30(7,8)9)28(35)25-17-20(3)16-21(4)18-25/h11,14,16-18,23,27H,1,5,12-13,15,19H2,2-4,6-10H3,(H,32,36). The Bertz CT molecular complexity index is 1060. The Morgan fingerprint density at radius 2 is 1.81 bits per heavy atom. The highest BCUT2D eigenvalue weighted by atomic mass is 16.2. The van der Waals surface area contributed by atoms with Crippen LogP contribution >= 0.6 is 0 Å². The minimum absolute atomic E-state index is 0.0239. The average molecular weight is 493 g/mol. The average Bonchev–Trinajstić information content (AvgIpc) is 2.89. The molecule has 1 aliphatic rings. The lowest BCUT2D eigenvalue weighted by Gasteiger charge is -2.43. The van der Waals surface area contributed by atoms with E-state index < -0.39 is 22.8 Å². The zero-order valence-electron chi connectivity index (χ0n) is 23.5. The minimum Gasteiger partial charge on any atom is -0.299 e. The summed E-state index contributed by atoms with van der Waals surface area (Å²) >= 11 is 0. The van der Waals surface area contributed by atoms with E-state index in [9.17, 15) is 14.4 Å². The van der Waals surface area contributed by atoms with Crippen molar-refractivity contribution in [1.29, 1.82) is 0 Å². The van der Waals surface area contributed by atoms with E-state index in [0.717, 1.165) is 22.3 Å². The van der Waals surface area contributed by atoms with Gasteiger partial charge in [0.15, 0.2) is 0 Å². The Morgan fingerprint density at radius 3 is 2.31 bits per heavy atom. The molecule has 0 fully saturated rings. The number of hydrogen-bond donors (Lipinski definition) is 1. The normalized spacial score (nSPS) is 21.2. The highest BCUT2D eigenvalue weighted by Crippen LogP contribution is 2.39. The zero-order valence-corrected chi connectivity index (χ0v) is 23.5. The molecule has 0 bridgehead atoms. The monoisotopic (exact) mass is 492 g/mol. The number of Topliss-reactive ketones (excluding diaryl/α,β-unsaturated/α-hetero) is 1. The van der Waals surface area contributed by atoms with Gasteiger partial charge in [0.05, 0.1) is 11.5 Å². The number of amides is 2. The van der Waals surface area contributed by atoms with Crippen LogP contribution in [0.2, 0.25) is 0 Å². The number of hydrogen-bond acceptors (Lipinski definition) is 3. The van der Waals surface area contributed by atoms with Crippen LogP contribution in [0.1, 0.15) is 88.7 Å². The molecule has 196 valence electrons. The Kier molecular flexibility index (Phi) is 9.28. The largest absolute Gasteiger partial charge is 0.299 e. The molecule has 1 aliphatic carbocycles. The smallest absolute Gasteiger partial charge is 0.272 e. The second-order valence-corrected chi connectivity index (χ2v) is 11.6. The first kappa shape index (κ1) is 29.3. The number of carbonyl (C=O) groups is 3. The zero-order chi connectivity index (χ0) is 27.4. The van der Waals surface area contributed by atoms with Crippen LogP contribution in [-0.2, 0) is 9.59 Å². The first-order valence-corrected chi connectivity index (χ1v) is 12.9. The Labute approximate surface area is 217 Å². The van der Waals surface area contributed by atoms with E-state index in [1.165, 1.54) is 5.01 Å². The molecule has 0 radical (unpaired) electrons. The van der Waals surface area contributed by atoms with Gasteiger partial charge in [-0.25, -0.2) is 5.01 Å². The lowest BCUT2D eigenvalue weighted by molar-refractivity contribution is -0.143. The first-order valence-electron chi connectivity index (χ1n) is 12.9. The molecular formula is C31H44N2O3. The van der Waals surface area contributed by atoms with Crippen molar-refractivity contribution in [2.45, 2.75) is 87.1 Å². The molecule has 2 amide bonds. The first-order chi connectivity index (χ1) is 16.6. The van der Waals surface area contributed by atoms with Crippen LogP contribution in [0.3, 0.4) is 0 Å². The molecule has 3 atom stereocenters. The topological polar surface area (TPSA) is 66.5 Å². The maximum Gasteiger partial charge on any atom is 0.272 e. The van der Waals surface area contributed by atoms with Gasteiger partial charge in [-0.2, -0.15) is 0 Å². The maximum atomic E-state index is 14.0. The maximum absolute atomic E-state index is 14.0. The van der Waals surface area contributed by atoms with Crippen LogP contribution in [0, 0.1) is 30.6 Å². The SMILES string of the molecule is C=CCC1=CCC(C)(C(=O)NN(C(=O)c2cc(C)cc(C)c2)C(C(=C)CC)C(C)(C)C)C(C)C(=O)C1. The molecule has 0 heterocycles. The summed E-state index contributed by atoms with van der Waals surface area (Å²) in [7, 11) is 0. The Morgan fingerprint density at radius 1 is 1.22 bits per heavy atom. The highest BCUT2D eigenvalue weighted by Gasteiger charge is 2.45. The second kappa shape index (κ2) is 11.4. The van der Waals surface area contributed by atoms with Crippen LogP contribution in [0.4, 0.5) is 0 Å². The van der Waals surface area contributed by atoms with Crippen LogP contribution in [0.15, 0.2) is 54.7 Å². The molecule has 36 heavy (non-hydrogen) atoms. The van der Waals surface area contributed by atoms with Crippen molar-refractivity contribution < 1.29 is 14.4 Å². The van der Waals surface area contributed by atoms with E-state index in [2.05, 4.69) is 18.6 Å². The van der Waals surface area contributed by atoms with Crippen molar-refractivity contribution in [3.8, 4) is 0 Å². The molecule has 3 unspecified atom stereocenters. The van der Waals surface area contributed by atoms with Gasteiger partial charge < -0.3 is 0 Å². The summed E-state index contributed by atoms with van der Waals surface area (Å²) in [5.41, 5.74) is 5.89. The van der Waals surface area contributed by atoms with Crippen LogP contribution in [-0.4, -0.2) is 28.6 Å². The van der Waals surface area contributed by atoms with Crippen LogP contribution in [0.25, 0.3) is 0 Å². The Balaban J connectivity index is 2.58. The van der Waals surface area contributed by atoms with Gasteiger partial charge in [0.25, 0.3) is 5.91 Å². The summed E-state index contributed by atoms with van der Waals surface area (Å²) in [6, 6.07) is 5.25. The third-order valence-corrected chi connectivity index (χ3v) is 7.41. The number of carbonyl (C=O) groups excluding carboxylic acids is 3. The predicted molar refractivity (Wildman–Crippen MR) is 147 cm³/mol. The van der Waals surface area contributed by atoms with Crippen molar-refractivity contribution in [3.63, 3.8) is 0 Å². The number of nitrogens with one attached hydrogen (secondary N) is 1. The summed E-state index contributed by atoms with van der Waals surface area (Å²) in [6.45, 7) is 23.7. The quantitative estimate of drug-likeness (QED) is 0.342. The molecular weight excluding hydrogens is 448 g/mol. The summed E-state index contributed by atoms with van der Waals surface area (Å²) in [5, 5.41) is 1.46. The summed E-state index contributed by atoms with van der Waals surface area (Å²) in [6.07, 6.45) is 5.78. The van der Waals surface area contributed by atoms with Gasteiger partial charge in [0, 0.05) is 17.9 Å². The number of benzene rings is 1. The van der Waals surface area contributed by atoms with Crippen LogP contribution < -0.4 is 5.43 Å². The van der Waals surface area contributed by atoms with E-state index in [1.807, 2.05) is 79.7 Å². The lowest BCUT2D eigenvalue weighted by Crippen LogP contribution is -2.60. The molecule has 5 nitrogen and oxygen atoms in total. The van der Waals surface area contributed by atoms with Gasteiger partial charge >= 0.3 is 0 Å². The van der Waals surface area contributed by atoms with Crippen molar-refractivity contribution in [2.24, 2.45) is 16.7 Å². The van der Waals surface area contributed by atoms with Crippen molar-refractivity contribution in [2.75, 3.05) is 0 Å². The molecule has 0 saturated carbocycles. The van der Waals surface area contributed by atoms with Gasteiger partial charge in [-0.1, -0.05) is 81.7 Å². The van der Waals surface area contributed by atoms with E-state index in [4.69, 9.17) is 0 Å². The fraction of sp³-hybridized carbons (Fsp3) is 0.516. The van der Waals surface area contributed by atoms with Gasteiger partial charge in [-0.05, 0) is 57.6 Å². The van der Waals surface area contributed by atoms with Crippen molar-refractivity contribution in [3.05, 3.63) is 71.3 Å². The van der Waals surface area contributed by atoms with Gasteiger partial charge in [0.2, 0.25) is 5.91 Å². The molecule has 0 aliphatic heterocycles. The van der Waals surface area contributed by atoms with Crippen LogP contribution in [0.5, 0.6) is 0 Å². The third kappa shape index (κ3) is 6.43. The summed E-state index contributed by atoms with van der Waals surface area (Å²) < 4.78 is 0. The van der Waals surface area contributed by atoms with Gasteiger partial charge in [-0.3, -0.25) is 19.8 Å². The van der Waals surface area contributed by atoms with E-state index >= 15 is 0 Å². The highest BCUT2D eigenvalue weighted by molar-refractivity contribution is 5.98. The number of ketones is 1. The molecule has 0 aromatic heterocycles. The van der Waals surface area contributed by atoms with Gasteiger partial charge in [0.1, 0.15) is 5.78 Å². The molecule has 1 aromatic rings. The molecule has 1 aromatic carbocycles. The van der Waals surface area contributed by atoms with E-state index in [0.29, 0.717) is 31.2 Å². The molecule has 1 N–H and O–H groups in total. The summed E-state index contributed by atoms with van der Waals surface area (Å²) in [4.78, 5) is 41.0. The van der Waals surface area contributed by atoms with Crippen molar-refractivity contribution >= 4 is 17.6 Å². The molecule has 0 saturated heterocycles. The molecule has 0 spiro atoms. The Hall–Kier alpha value is -2.95. The van der Waals surface area contributed by atoms with E-state index in [-0.39, 0.29) is 17.6 Å². The fourth-order valence-electron chi connectivity index (χ4n) is 5.05. The van der Waals surface area contributed by atoms with Crippen molar-refractivity contribution in [1.82, 2.24) is 10.4 Å². The number of rotatable bonds is 7. The summed E-state index contributed by atoms with van der Waals surface area (Å²) in [5.74, 6) is -1.11. The van der Waals surface area contributed by atoms with E-state index in [1.54, 1.807) is 6.08 Å². The second-order valence-electron chi connectivity index (χ2n) is 11.6. The number of hydrazine groups is 1. The number of nitrogens with zero attached hydrogens (tertiary/aromatic N) is 1. The number of aryl methyl sites for hydroxylation is 2. The lowest BCUT2D eigenvalue weighted by atomic mass is 9.73. The molecule has 2 rings (SSSR count). The fourth-order valence-corrected chi connectivity index (χ4v) is 5.05.